The van der Waals surface area contributed by atoms with E-state index < -0.39 is 0 Å². The van der Waals surface area contributed by atoms with Crippen LogP contribution in [0.2, 0.25) is 0 Å². The second-order valence-corrected chi connectivity index (χ2v) is 9.51. The molecule has 4 aromatic rings. The average Bonchev–Trinajstić information content (AvgIpc) is 2.91. The Hall–Kier alpha value is -3.82. The molecule has 0 unspecified atom stereocenters. The molecule has 9 heteroatoms. The normalized spacial score (nSPS) is 15.2. The van der Waals surface area contributed by atoms with Crippen LogP contribution in [0.4, 0.5) is 0 Å². The minimum Gasteiger partial charge on any atom is -0.379 e. The molecule has 192 valence electrons. The van der Waals surface area contributed by atoms with Gasteiger partial charge in [0.25, 0.3) is 11.5 Å². The number of aryl methyl sites for hydroxylation is 2. The number of ether oxygens (including phenoxy) is 1. The molecular weight excluding hydrogens is 468 g/mol. The summed E-state index contributed by atoms with van der Waals surface area (Å²) in [7, 11) is 0. The standard InChI is InChI=1S/C28H32N6O3/c1-19-8-6-12-34-25(19)31-26-23(28(34)36)18-22(27(35)30-20(2)21-9-4-3-5-10-21)24(29)33(26)13-7-11-32-14-16-37-17-15-32/h3-6,8-10,12,18,20,29H,7,11,13-17H2,1-2H3,(H,30,35)/t20-/m1/s1. The van der Waals surface area contributed by atoms with Gasteiger partial charge in [-0.3, -0.25) is 24.3 Å². The van der Waals surface area contributed by atoms with Gasteiger partial charge in [-0.05, 0) is 43.5 Å². The highest BCUT2D eigenvalue weighted by Crippen LogP contribution is 2.15. The van der Waals surface area contributed by atoms with E-state index in [4.69, 9.17) is 15.1 Å². The van der Waals surface area contributed by atoms with E-state index in [1.807, 2.05) is 56.3 Å². The third kappa shape index (κ3) is 5.05. The first-order valence-electron chi connectivity index (χ1n) is 12.7. The molecule has 0 saturated carbocycles. The number of hydrogen-bond donors (Lipinski definition) is 2. The fourth-order valence-electron chi connectivity index (χ4n) is 4.86. The molecule has 3 aromatic heterocycles. The number of carbonyl (C=O) groups excluding carboxylic acids is 1. The van der Waals surface area contributed by atoms with Crippen LogP contribution in [0.15, 0.2) is 59.5 Å². The predicted octanol–water partition coefficient (Wildman–Crippen LogP) is 2.65. The number of fused-ring (bicyclic) bond motifs is 2. The minimum absolute atomic E-state index is 0.0528. The molecule has 37 heavy (non-hydrogen) atoms. The third-order valence-electron chi connectivity index (χ3n) is 6.99. The van der Waals surface area contributed by atoms with Crippen LogP contribution >= 0.6 is 0 Å². The summed E-state index contributed by atoms with van der Waals surface area (Å²) in [6.45, 7) is 8.31. The van der Waals surface area contributed by atoms with Gasteiger partial charge in [0.2, 0.25) is 0 Å². The Bertz CT molecular complexity index is 1550. The molecule has 4 heterocycles. The number of morpholine rings is 1. The van der Waals surface area contributed by atoms with E-state index in [1.54, 1.807) is 10.8 Å². The van der Waals surface area contributed by atoms with Crippen LogP contribution in [0.25, 0.3) is 16.7 Å². The molecule has 1 amide bonds. The lowest BCUT2D eigenvalue weighted by molar-refractivity contribution is 0.0369. The Morgan fingerprint density at radius 2 is 1.86 bits per heavy atom. The molecular formula is C28H32N6O3. The Balaban J connectivity index is 1.56. The van der Waals surface area contributed by atoms with Crippen LogP contribution in [-0.2, 0) is 11.3 Å². The molecule has 2 N–H and O–H groups in total. The average molecular weight is 501 g/mol. The van der Waals surface area contributed by atoms with E-state index in [1.165, 1.54) is 10.5 Å². The SMILES string of the molecule is Cc1cccn2c(=O)c3cc(C(=O)N[C@H](C)c4ccccc4)c(=N)n(CCCN4CCOCC4)c3nc12. The fraction of sp³-hybridized carbons (Fsp3) is 0.357. The van der Waals surface area contributed by atoms with Crippen molar-refractivity contribution in [3.63, 3.8) is 0 Å². The van der Waals surface area contributed by atoms with Gasteiger partial charge in [-0.1, -0.05) is 36.4 Å². The lowest BCUT2D eigenvalue weighted by Gasteiger charge is -2.26. The summed E-state index contributed by atoms with van der Waals surface area (Å²) in [5.74, 6) is -0.390. The lowest BCUT2D eigenvalue weighted by atomic mass is 10.1. The number of nitrogens with one attached hydrogen (secondary N) is 2. The minimum atomic E-state index is -0.390. The van der Waals surface area contributed by atoms with Gasteiger partial charge in [0.15, 0.2) is 0 Å². The summed E-state index contributed by atoms with van der Waals surface area (Å²) in [5, 5.41) is 12.3. The topological polar surface area (TPSA) is 105 Å². The molecule has 1 aromatic carbocycles. The number of nitrogens with zero attached hydrogens (tertiary/aromatic N) is 4. The maximum absolute atomic E-state index is 13.5. The van der Waals surface area contributed by atoms with E-state index in [0.717, 1.165) is 50.4 Å². The molecule has 1 fully saturated rings. The van der Waals surface area contributed by atoms with Crippen molar-refractivity contribution in [1.82, 2.24) is 24.2 Å². The zero-order valence-electron chi connectivity index (χ0n) is 21.2. The second-order valence-electron chi connectivity index (χ2n) is 9.51. The second kappa shape index (κ2) is 10.7. The summed E-state index contributed by atoms with van der Waals surface area (Å²) < 4.78 is 8.67. The van der Waals surface area contributed by atoms with Gasteiger partial charge in [-0.2, -0.15) is 0 Å². The maximum Gasteiger partial charge on any atom is 0.267 e. The van der Waals surface area contributed by atoms with Crippen molar-refractivity contribution >= 4 is 22.6 Å². The highest BCUT2D eigenvalue weighted by molar-refractivity contribution is 5.97. The summed E-state index contributed by atoms with van der Waals surface area (Å²) in [4.78, 5) is 34.1. The predicted molar refractivity (Wildman–Crippen MR) is 142 cm³/mol. The molecule has 5 rings (SSSR count). The van der Waals surface area contributed by atoms with Gasteiger partial charge < -0.3 is 14.6 Å². The monoisotopic (exact) mass is 500 g/mol. The summed E-state index contributed by atoms with van der Waals surface area (Å²) in [5.41, 5.74) is 2.77. The largest absolute Gasteiger partial charge is 0.379 e. The van der Waals surface area contributed by atoms with E-state index in [0.29, 0.717) is 23.2 Å². The number of rotatable bonds is 7. The first-order chi connectivity index (χ1) is 17.9. The van der Waals surface area contributed by atoms with Gasteiger partial charge in [0.1, 0.15) is 16.8 Å². The quantitative estimate of drug-likeness (QED) is 0.380. The van der Waals surface area contributed by atoms with Crippen LogP contribution in [0, 0.1) is 12.3 Å². The summed E-state index contributed by atoms with van der Waals surface area (Å²) in [6, 6.07) is 14.7. The van der Waals surface area contributed by atoms with E-state index in [-0.39, 0.29) is 28.6 Å². The van der Waals surface area contributed by atoms with E-state index in [9.17, 15) is 9.59 Å². The van der Waals surface area contributed by atoms with Gasteiger partial charge in [0.05, 0.1) is 30.2 Å². The van der Waals surface area contributed by atoms with Crippen molar-refractivity contribution < 1.29 is 9.53 Å². The lowest BCUT2D eigenvalue weighted by Crippen LogP contribution is -2.38. The van der Waals surface area contributed by atoms with Crippen LogP contribution in [0.5, 0.6) is 0 Å². The van der Waals surface area contributed by atoms with Crippen molar-refractivity contribution in [2.24, 2.45) is 0 Å². The maximum atomic E-state index is 13.5. The molecule has 1 aliphatic rings. The van der Waals surface area contributed by atoms with Gasteiger partial charge >= 0.3 is 0 Å². The highest BCUT2D eigenvalue weighted by atomic mass is 16.5. The van der Waals surface area contributed by atoms with Gasteiger partial charge in [-0.15, -0.1) is 0 Å². The van der Waals surface area contributed by atoms with Crippen molar-refractivity contribution in [3.8, 4) is 0 Å². The van der Waals surface area contributed by atoms with Crippen LogP contribution < -0.4 is 16.4 Å². The van der Waals surface area contributed by atoms with Gasteiger partial charge in [-0.25, -0.2) is 4.98 Å². The van der Waals surface area contributed by atoms with Crippen LogP contribution in [0.1, 0.15) is 40.9 Å². The number of carbonyl (C=O) groups is 1. The van der Waals surface area contributed by atoms with Crippen molar-refractivity contribution in [2.45, 2.75) is 32.9 Å². The zero-order valence-corrected chi connectivity index (χ0v) is 21.2. The third-order valence-corrected chi connectivity index (χ3v) is 6.99. The molecule has 0 radical (unpaired) electrons. The molecule has 1 saturated heterocycles. The van der Waals surface area contributed by atoms with E-state index in [2.05, 4.69) is 10.2 Å². The molecule has 1 atom stereocenters. The first kappa shape index (κ1) is 24.9. The fourth-order valence-corrected chi connectivity index (χ4v) is 4.86. The Morgan fingerprint density at radius 1 is 1.11 bits per heavy atom. The first-order valence-corrected chi connectivity index (χ1v) is 12.7. The van der Waals surface area contributed by atoms with Crippen molar-refractivity contribution in [3.05, 3.63) is 87.3 Å². The summed E-state index contributed by atoms with van der Waals surface area (Å²) >= 11 is 0. The molecule has 9 nitrogen and oxygen atoms in total. The van der Waals surface area contributed by atoms with Crippen molar-refractivity contribution in [1.29, 1.82) is 5.41 Å². The molecule has 0 bridgehead atoms. The number of amides is 1. The zero-order chi connectivity index (χ0) is 25.9. The molecule has 0 aliphatic carbocycles. The number of pyridine rings is 2. The Morgan fingerprint density at radius 3 is 2.62 bits per heavy atom. The number of benzene rings is 1. The highest BCUT2D eigenvalue weighted by Gasteiger charge is 2.20. The van der Waals surface area contributed by atoms with Crippen LogP contribution in [0.3, 0.4) is 0 Å². The number of aromatic nitrogens is 3. The van der Waals surface area contributed by atoms with Crippen molar-refractivity contribution in [2.75, 3.05) is 32.8 Å². The number of hydrogen-bond acceptors (Lipinski definition) is 6. The molecule has 1 aliphatic heterocycles. The Labute approximate surface area is 214 Å². The van der Waals surface area contributed by atoms with Crippen LogP contribution in [-0.4, -0.2) is 57.6 Å². The molecule has 0 spiro atoms. The Kier molecular flexibility index (Phi) is 7.16. The smallest absolute Gasteiger partial charge is 0.267 e. The summed E-state index contributed by atoms with van der Waals surface area (Å²) in [6.07, 6.45) is 2.44. The van der Waals surface area contributed by atoms with E-state index >= 15 is 0 Å². The van der Waals surface area contributed by atoms with Gasteiger partial charge in [0, 0.05) is 32.4 Å².